The number of hydrogen-bond acceptors (Lipinski definition) is 3. The topological polar surface area (TPSA) is 60.2 Å². The molecule has 0 saturated heterocycles. The second-order valence-corrected chi connectivity index (χ2v) is 7.71. The summed E-state index contributed by atoms with van der Waals surface area (Å²) >= 11 is 0. The van der Waals surface area contributed by atoms with E-state index in [2.05, 4.69) is 6.92 Å². The number of nitrogen functional groups attached to an aromatic ring is 1. The van der Waals surface area contributed by atoms with Crippen molar-refractivity contribution in [2.24, 2.45) is 5.92 Å². The maximum Gasteiger partial charge on any atom is 0.183 e. The van der Waals surface area contributed by atoms with Crippen LogP contribution in [0.2, 0.25) is 0 Å². The number of rotatable bonds is 3. The summed E-state index contributed by atoms with van der Waals surface area (Å²) in [5.41, 5.74) is 7.30. The van der Waals surface area contributed by atoms with E-state index in [0.717, 1.165) is 37.7 Å². The lowest BCUT2D eigenvalue weighted by Gasteiger charge is -2.30. The minimum Gasteiger partial charge on any atom is -0.398 e. The van der Waals surface area contributed by atoms with E-state index in [1.165, 1.54) is 0 Å². The summed E-state index contributed by atoms with van der Waals surface area (Å²) in [6, 6.07) is 5.24. The first kappa shape index (κ1) is 14.4. The molecular formula is C15H23NO2S. The van der Waals surface area contributed by atoms with E-state index in [0.29, 0.717) is 10.6 Å². The molecule has 0 spiro atoms. The molecule has 1 aliphatic carbocycles. The van der Waals surface area contributed by atoms with Gasteiger partial charge < -0.3 is 5.73 Å². The van der Waals surface area contributed by atoms with Crippen molar-refractivity contribution in [1.82, 2.24) is 0 Å². The molecule has 0 aromatic heterocycles. The van der Waals surface area contributed by atoms with Gasteiger partial charge in [0.2, 0.25) is 0 Å². The van der Waals surface area contributed by atoms with Crippen LogP contribution in [-0.2, 0) is 9.84 Å². The van der Waals surface area contributed by atoms with E-state index in [1.54, 1.807) is 12.1 Å². The van der Waals surface area contributed by atoms with Gasteiger partial charge in [0.1, 0.15) is 0 Å². The zero-order chi connectivity index (χ0) is 14.0. The van der Waals surface area contributed by atoms with Crippen LogP contribution in [0.3, 0.4) is 0 Å². The molecule has 2 unspecified atom stereocenters. The van der Waals surface area contributed by atoms with Crippen LogP contribution >= 0.6 is 0 Å². The maximum absolute atomic E-state index is 12.8. The zero-order valence-electron chi connectivity index (χ0n) is 11.7. The Labute approximate surface area is 116 Å². The molecule has 0 radical (unpaired) electrons. The Morgan fingerprint density at radius 1 is 1.26 bits per heavy atom. The van der Waals surface area contributed by atoms with Crippen LogP contribution in [0, 0.1) is 12.8 Å². The van der Waals surface area contributed by atoms with Crippen molar-refractivity contribution in [1.29, 1.82) is 0 Å². The minimum atomic E-state index is -3.30. The first-order valence-electron chi connectivity index (χ1n) is 7.07. The highest BCUT2D eigenvalue weighted by atomic mass is 32.2. The summed E-state index contributed by atoms with van der Waals surface area (Å²) in [6.07, 6.45) is 4.87. The van der Waals surface area contributed by atoms with Gasteiger partial charge in [0.25, 0.3) is 0 Å². The largest absolute Gasteiger partial charge is 0.398 e. The molecule has 2 rings (SSSR count). The van der Waals surface area contributed by atoms with Crippen molar-refractivity contribution in [2.75, 3.05) is 5.73 Å². The van der Waals surface area contributed by atoms with Crippen molar-refractivity contribution < 1.29 is 8.42 Å². The van der Waals surface area contributed by atoms with E-state index in [-0.39, 0.29) is 11.2 Å². The van der Waals surface area contributed by atoms with Gasteiger partial charge in [-0.1, -0.05) is 32.3 Å². The third-order valence-electron chi connectivity index (χ3n) is 4.23. The molecule has 4 heteroatoms. The van der Waals surface area contributed by atoms with Gasteiger partial charge >= 0.3 is 0 Å². The van der Waals surface area contributed by atoms with Crippen LogP contribution < -0.4 is 5.73 Å². The lowest BCUT2D eigenvalue weighted by molar-refractivity contribution is 0.348. The molecule has 1 saturated carbocycles. The molecule has 0 heterocycles. The van der Waals surface area contributed by atoms with Crippen LogP contribution in [0.5, 0.6) is 0 Å². The summed E-state index contributed by atoms with van der Waals surface area (Å²) in [5.74, 6) is 0.277. The fraction of sp³-hybridized carbons (Fsp3) is 0.600. The summed E-state index contributed by atoms with van der Waals surface area (Å²) in [7, 11) is -3.30. The van der Waals surface area contributed by atoms with Crippen LogP contribution in [0.15, 0.2) is 23.1 Å². The SMILES string of the molecule is CCC1CCCCC1S(=O)(=O)c1ccc(C)cc1N. The van der Waals surface area contributed by atoms with Crippen molar-refractivity contribution >= 4 is 15.5 Å². The van der Waals surface area contributed by atoms with E-state index in [4.69, 9.17) is 5.73 Å². The highest BCUT2D eigenvalue weighted by Gasteiger charge is 2.36. The van der Waals surface area contributed by atoms with E-state index < -0.39 is 9.84 Å². The third-order valence-corrected chi connectivity index (χ3v) is 6.64. The Kier molecular flexibility index (Phi) is 4.19. The predicted octanol–water partition coefficient (Wildman–Crippen LogP) is 3.32. The average Bonchev–Trinajstić information content (AvgIpc) is 2.38. The standard InChI is InChI=1S/C15H23NO2S/c1-3-12-6-4-5-7-14(12)19(17,18)15-9-8-11(2)10-13(15)16/h8-10,12,14H,3-7,16H2,1-2H3. The number of hydrogen-bond donors (Lipinski definition) is 1. The van der Waals surface area contributed by atoms with Gasteiger partial charge in [-0.2, -0.15) is 0 Å². The third kappa shape index (κ3) is 2.78. The summed E-state index contributed by atoms with van der Waals surface area (Å²) in [4.78, 5) is 0.323. The summed E-state index contributed by atoms with van der Waals surface area (Å²) < 4.78 is 25.6. The lowest BCUT2D eigenvalue weighted by Crippen LogP contribution is -2.33. The van der Waals surface area contributed by atoms with E-state index >= 15 is 0 Å². The molecule has 106 valence electrons. The maximum atomic E-state index is 12.8. The Balaban J connectivity index is 2.40. The summed E-state index contributed by atoms with van der Waals surface area (Å²) in [6.45, 7) is 4.00. The number of benzene rings is 1. The molecular weight excluding hydrogens is 258 g/mol. The zero-order valence-corrected chi connectivity index (χ0v) is 12.5. The van der Waals surface area contributed by atoms with Crippen LogP contribution in [0.4, 0.5) is 5.69 Å². The molecule has 0 amide bonds. The van der Waals surface area contributed by atoms with Gasteiger partial charge in [-0.3, -0.25) is 0 Å². The molecule has 1 aromatic rings. The van der Waals surface area contributed by atoms with E-state index in [9.17, 15) is 8.42 Å². The molecule has 2 N–H and O–H groups in total. The number of anilines is 1. The van der Waals surface area contributed by atoms with Crippen molar-refractivity contribution in [2.45, 2.75) is 56.1 Å². The quantitative estimate of drug-likeness (QED) is 0.865. The van der Waals surface area contributed by atoms with E-state index in [1.807, 2.05) is 13.0 Å². The van der Waals surface area contributed by atoms with Gasteiger partial charge in [-0.15, -0.1) is 0 Å². The van der Waals surface area contributed by atoms with Gasteiger partial charge in [-0.25, -0.2) is 8.42 Å². The van der Waals surface area contributed by atoms with Gasteiger partial charge in [0, 0.05) is 0 Å². The fourth-order valence-electron chi connectivity index (χ4n) is 3.14. The van der Waals surface area contributed by atoms with Crippen LogP contribution in [0.1, 0.15) is 44.6 Å². The van der Waals surface area contributed by atoms with Crippen LogP contribution in [-0.4, -0.2) is 13.7 Å². The Morgan fingerprint density at radius 2 is 1.95 bits per heavy atom. The minimum absolute atomic E-state index is 0.253. The number of aryl methyl sites for hydroxylation is 1. The first-order chi connectivity index (χ1) is 8.96. The highest BCUT2D eigenvalue weighted by molar-refractivity contribution is 7.92. The summed E-state index contributed by atoms with van der Waals surface area (Å²) in [5, 5.41) is -0.253. The van der Waals surface area contributed by atoms with Gasteiger partial charge in [0.15, 0.2) is 9.84 Å². The smallest absolute Gasteiger partial charge is 0.183 e. The van der Waals surface area contributed by atoms with Crippen molar-refractivity contribution in [3.63, 3.8) is 0 Å². The molecule has 2 atom stereocenters. The second kappa shape index (κ2) is 5.53. The molecule has 1 aliphatic rings. The van der Waals surface area contributed by atoms with Crippen molar-refractivity contribution in [3.05, 3.63) is 23.8 Å². The van der Waals surface area contributed by atoms with Crippen LogP contribution in [0.25, 0.3) is 0 Å². The molecule has 0 aliphatic heterocycles. The monoisotopic (exact) mass is 281 g/mol. The average molecular weight is 281 g/mol. The highest BCUT2D eigenvalue weighted by Crippen LogP contribution is 2.36. The van der Waals surface area contributed by atoms with Gasteiger partial charge in [0.05, 0.1) is 15.8 Å². The van der Waals surface area contributed by atoms with Crippen molar-refractivity contribution in [3.8, 4) is 0 Å². The number of nitrogens with two attached hydrogens (primary N) is 1. The molecule has 1 fully saturated rings. The first-order valence-corrected chi connectivity index (χ1v) is 8.61. The van der Waals surface area contributed by atoms with Gasteiger partial charge in [-0.05, 0) is 43.4 Å². The fourth-order valence-corrected chi connectivity index (χ4v) is 5.42. The normalized spacial score (nSPS) is 24.3. The Hall–Kier alpha value is -1.03. The lowest BCUT2D eigenvalue weighted by atomic mass is 9.87. The molecule has 0 bridgehead atoms. The second-order valence-electron chi connectivity index (χ2n) is 5.58. The predicted molar refractivity (Wildman–Crippen MR) is 78.8 cm³/mol. The Bertz CT molecular complexity index is 551. The molecule has 19 heavy (non-hydrogen) atoms. The Morgan fingerprint density at radius 3 is 2.58 bits per heavy atom. The molecule has 3 nitrogen and oxygen atoms in total. The molecule has 1 aromatic carbocycles. The number of sulfone groups is 1.